The maximum Gasteiger partial charge on any atom is 0.262 e. The van der Waals surface area contributed by atoms with E-state index >= 15 is 0 Å². The van der Waals surface area contributed by atoms with Crippen LogP contribution in [0.5, 0.6) is 11.5 Å². The van der Waals surface area contributed by atoms with Gasteiger partial charge in [0.25, 0.3) is 5.91 Å². The van der Waals surface area contributed by atoms with Crippen molar-refractivity contribution in [1.29, 1.82) is 0 Å². The minimum absolute atomic E-state index is 0.0665. The van der Waals surface area contributed by atoms with Crippen molar-refractivity contribution >= 4 is 33.3 Å². The number of Topliss-reactive ketones (excluding diaryl/α,β-unsaturated/α-hetero) is 1. The summed E-state index contributed by atoms with van der Waals surface area (Å²) in [5.74, 6) is 0.470. The minimum Gasteiger partial charge on any atom is -0.493 e. The number of methoxy groups -OCH3 is 1. The molecule has 1 amide bonds. The lowest BCUT2D eigenvalue weighted by atomic mass is 10.1. The lowest BCUT2D eigenvalue weighted by Gasteiger charge is -2.12. The van der Waals surface area contributed by atoms with Gasteiger partial charge in [0.15, 0.2) is 23.9 Å². The Hall–Kier alpha value is -2.34. The number of ether oxygens (including phenoxy) is 2. The normalized spacial score (nSPS) is 10.2. The van der Waals surface area contributed by atoms with E-state index in [0.29, 0.717) is 22.7 Å². The molecule has 0 radical (unpaired) electrons. The van der Waals surface area contributed by atoms with Crippen molar-refractivity contribution in [2.24, 2.45) is 0 Å². The molecule has 0 fully saturated rings. The van der Waals surface area contributed by atoms with Gasteiger partial charge >= 0.3 is 0 Å². The fourth-order valence-corrected chi connectivity index (χ4v) is 2.32. The van der Waals surface area contributed by atoms with Crippen molar-refractivity contribution in [2.45, 2.75) is 13.8 Å². The predicted octanol–water partition coefficient (Wildman–Crippen LogP) is 3.99. The SMILES string of the molecule is COc1cc(C(C)=O)ccc1OCC(=O)Nc1ccc(Br)c(C)c1. The molecular weight excluding hydrogens is 374 g/mol. The molecule has 0 aliphatic carbocycles. The lowest BCUT2D eigenvalue weighted by Crippen LogP contribution is -2.20. The Morgan fingerprint density at radius 2 is 1.88 bits per heavy atom. The molecule has 0 saturated carbocycles. The third-order valence-corrected chi connectivity index (χ3v) is 4.26. The Kier molecular flexibility index (Phi) is 5.98. The highest BCUT2D eigenvalue weighted by atomic mass is 79.9. The first-order valence-corrected chi connectivity index (χ1v) is 8.08. The average Bonchev–Trinajstić information content (AvgIpc) is 2.56. The number of hydrogen-bond acceptors (Lipinski definition) is 4. The van der Waals surface area contributed by atoms with Crippen LogP contribution in [0.4, 0.5) is 5.69 Å². The summed E-state index contributed by atoms with van der Waals surface area (Å²) in [5, 5.41) is 2.77. The lowest BCUT2D eigenvalue weighted by molar-refractivity contribution is -0.118. The number of aryl methyl sites for hydroxylation is 1. The standard InChI is InChI=1S/C18H18BrNO4/c1-11-8-14(5-6-15(11)19)20-18(22)10-24-16-7-4-13(12(2)21)9-17(16)23-3/h4-9H,10H2,1-3H3,(H,20,22). The molecule has 6 heteroatoms. The van der Waals surface area contributed by atoms with Crippen LogP contribution < -0.4 is 14.8 Å². The van der Waals surface area contributed by atoms with Crippen LogP contribution in [0.15, 0.2) is 40.9 Å². The molecule has 0 spiro atoms. The molecule has 2 aromatic carbocycles. The highest BCUT2D eigenvalue weighted by Crippen LogP contribution is 2.28. The monoisotopic (exact) mass is 391 g/mol. The van der Waals surface area contributed by atoms with Gasteiger partial charge in [0, 0.05) is 15.7 Å². The molecule has 2 rings (SSSR count). The van der Waals surface area contributed by atoms with E-state index in [-0.39, 0.29) is 18.3 Å². The average molecular weight is 392 g/mol. The van der Waals surface area contributed by atoms with Crippen molar-refractivity contribution in [2.75, 3.05) is 19.0 Å². The van der Waals surface area contributed by atoms with Crippen LogP contribution in [0.25, 0.3) is 0 Å². The topological polar surface area (TPSA) is 64.6 Å². The minimum atomic E-state index is -0.283. The molecular formula is C18H18BrNO4. The second-order valence-electron chi connectivity index (χ2n) is 5.22. The first-order chi connectivity index (χ1) is 11.4. The van der Waals surface area contributed by atoms with E-state index in [1.807, 2.05) is 19.1 Å². The van der Waals surface area contributed by atoms with E-state index in [2.05, 4.69) is 21.2 Å². The number of carbonyl (C=O) groups is 2. The van der Waals surface area contributed by atoms with Gasteiger partial charge in [-0.25, -0.2) is 0 Å². The predicted molar refractivity (Wildman–Crippen MR) is 96.0 cm³/mol. The molecule has 1 N–H and O–H groups in total. The summed E-state index contributed by atoms with van der Waals surface area (Å²) in [6.45, 7) is 3.26. The Morgan fingerprint density at radius 3 is 2.50 bits per heavy atom. The van der Waals surface area contributed by atoms with Gasteiger partial charge in [-0.15, -0.1) is 0 Å². The third-order valence-electron chi connectivity index (χ3n) is 3.37. The van der Waals surface area contributed by atoms with Crippen molar-refractivity contribution < 1.29 is 19.1 Å². The number of halogens is 1. The number of nitrogens with one attached hydrogen (secondary N) is 1. The largest absolute Gasteiger partial charge is 0.493 e. The van der Waals surface area contributed by atoms with Gasteiger partial charge in [-0.1, -0.05) is 15.9 Å². The summed E-state index contributed by atoms with van der Waals surface area (Å²) in [7, 11) is 1.48. The number of amides is 1. The zero-order valence-electron chi connectivity index (χ0n) is 13.7. The van der Waals surface area contributed by atoms with Gasteiger partial charge in [-0.05, 0) is 55.8 Å². The van der Waals surface area contributed by atoms with Crippen LogP contribution in [-0.2, 0) is 4.79 Å². The number of carbonyl (C=O) groups excluding carboxylic acids is 2. The summed E-state index contributed by atoms with van der Waals surface area (Å²) in [4.78, 5) is 23.4. The summed E-state index contributed by atoms with van der Waals surface area (Å²) in [5.41, 5.74) is 2.24. The number of benzene rings is 2. The van der Waals surface area contributed by atoms with E-state index in [1.54, 1.807) is 24.3 Å². The number of rotatable bonds is 6. The second-order valence-corrected chi connectivity index (χ2v) is 6.08. The molecule has 0 aliphatic rings. The van der Waals surface area contributed by atoms with Gasteiger partial charge in [-0.3, -0.25) is 9.59 Å². The van der Waals surface area contributed by atoms with Crippen LogP contribution in [0, 0.1) is 6.92 Å². The molecule has 0 unspecified atom stereocenters. The van der Waals surface area contributed by atoms with Gasteiger partial charge < -0.3 is 14.8 Å². The molecule has 24 heavy (non-hydrogen) atoms. The number of ketones is 1. The van der Waals surface area contributed by atoms with E-state index in [4.69, 9.17) is 9.47 Å². The van der Waals surface area contributed by atoms with Crippen LogP contribution in [-0.4, -0.2) is 25.4 Å². The molecule has 5 nitrogen and oxygen atoms in total. The van der Waals surface area contributed by atoms with E-state index in [9.17, 15) is 9.59 Å². The van der Waals surface area contributed by atoms with Crippen LogP contribution in [0.2, 0.25) is 0 Å². The smallest absolute Gasteiger partial charge is 0.262 e. The summed E-state index contributed by atoms with van der Waals surface area (Å²) in [6.07, 6.45) is 0. The van der Waals surface area contributed by atoms with E-state index < -0.39 is 0 Å². The molecule has 2 aromatic rings. The van der Waals surface area contributed by atoms with Gasteiger partial charge in [0.1, 0.15) is 0 Å². The number of hydrogen-bond donors (Lipinski definition) is 1. The summed E-state index contributed by atoms with van der Waals surface area (Å²) < 4.78 is 11.7. The maximum atomic E-state index is 12.0. The second kappa shape index (κ2) is 7.97. The highest BCUT2D eigenvalue weighted by Gasteiger charge is 2.11. The Bertz CT molecular complexity index is 774. The van der Waals surface area contributed by atoms with Crippen molar-refractivity contribution in [3.05, 3.63) is 52.0 Å². The molecule has 0 aromatic heterocycles. The number of anilines is 1. The molecule has 126 valence electrons. The summed E-state index contributed by atoms with van der Waals surface area (Å²) in [6, 6.07) is 10.4. The van der Waals surface area contributed by atoms with Gasteiger partial charge in [0.2, 0.25) is 0 Å². The first kappa shape index (κ1) is 18.0. The molecule has 0 heterocycles. The van der Waals surface area contributed by atoms with Crippen molar-refractivity contribution in [3.8, 4) is 11.5 Å². The zero-order chi connectivity index (χ0) is 17.7. The molecule has 0 atom stereocenters. The fraction of sp³-hybridized carbons (Fsp3) is 0.222. The van der Waals surface area contributed by atoms with E-state index in [1.165, 1.54) is 14.0 Å². The Morgan fingerprint density at radius 1 is 1.12 bits per heavy atom. The molecule has 0 bridgehead atoms. The summed E-state index contributed by atoms with van der Waals surface area (Å²) >= 11 is 3.41. The quantitative estimate of drug-likeness (QED) is 0.756. The van der Waals surface area contributed by atoms with E-state index in [0.717, 1.165) is 10.0 Å². The highest BCUT2D eigenvalue weighted by molar-refractivity contribution is 9.10. The Balaban J connectivity index is 2.00. The van der Waals surface area contributed by atoms with Gasteiger partial charge in [0.05, 0.1) is 7.11 Å². The molecule has 0 saturated heterocycles. The first-order valence-electron chi connectivity index (χ1n) is 7.28. The van der Waals surface area contributed by atoms with Crippen LogP contribution in [0.1, 0.15) is 22.8 Å². The fourth-order valence-electron chi connectivity index (χ4n) is 2.07. The van der Waals surface area contributed by atoms with Gasteiger partial charge in [-0.2, -0.15) is 0 Å². The third kappa shape index (κ3) is 4.58. The van der Waals surface area contributed by atoms with Crippen molar-refractivity contribution in [3.63, 3.8) is 0 Å². The zero-order valence-corrected chi connectivity index (χ0v) is 15.3. The maximum absolute atomic E-state index is 12.0. The van der Waals surface area contributed by atoms with Crippen molar-refractivity contribution in [1.82, 2.24) is 0 Å². The Labute approximate surface area is 149 Å². The molecule has 0 aliphatic heterocycles. The van der Waals surface area contributed by atoms with Crippen LogP contribution in [0.3, 0.4) is 0 Å². The van der Waals surface area contributed by atoms with Crippen LogP contribution >= 0.6 is 15.9 Å².